The van der Waals surface area contributed by atoms with Gasteiger partial charge in [0.2, 0.25) is 5.89 Å². The molecule has 2 aromatic heterocycles. The number of ether oxygens (including phenoxy) is 1. The second-order valence-electron chi connectivity index (χ2n) is 5.62. The molecular formula is C19H17N3O2. The summed E-state index contributed by atoms with van der Waals surface area (Å²) >= 11 is 0. The Hall–Kier alpha value is -3.08. The Morgan fingerprint density at radius 1 is 1.12 bits per heavy atom. The first kappa shape index (κ1) is 14.5. The molecule has 0 fully saturated rings. The van der Waals surface area contributed by atoms with E-state index in [1.807, 2.05) is 48.0 Å². The predicted octanol–water partition coefficient (Wildman–Crippen LogP) is 4.06. The third-order valence-corrected chi connectivity index (χ3v) is 4.12. The van der Waals surface area contributed by atoms with Crippen molar-refractivity contribution in [2.75, 3.05) is 7.11 Å². The van der Waals surface area contributed by atoms with Crippen LogP contribution in [-0.4, -0.2) is 21.6 Å². The van der Waals surface area contributed by atoms with Gasteiger partial charge in [-0.25, -0.2) is 9.97 Å². The van der Waals surface area contributed by atoms with Crippen molar-refractivity contribution < 1.29 is 9.15 Å². The minimum absolute atomic E-state index is 0.626. The fourth-order valence-corrected chi connectivity index (χ4v) is 2.88. The van der Waals surface area contributed by atoms with Crippen LogP contribution in [0.3, 0.4) is 0 Å². The van der Waals surface area contributed by atoms with Gasteiger partial charge in [-0.2, -0.15) is 0 Å². The third-order valence-electron chi connectivity index (χ3n) is 4.12. The molecule has 24 heavy (non-hydrogen) atoms. The van der Waals surface area contributed by atoms with E-state index in [9.17, 15) is 0 Å². The van der Waals surface area contributed by atoms with Gasteiger partial charge in [-0.3, -0.25) is 0 Å². The number of oxazole rings is 1. The lowest BCUT2D eigenvalue weighted by Crippen LogP contribution is -1.98. The molecule has 4 aromatic rings. The monoisotopic (exact) mass is 319 g/mol. The third kappa shape index (κ3) is 2.44. The molecular weight excluding hydrogens is 302 g/mol. The van der Waals surface area contributed by atoms with E-state index in [4.69, 9.17) is 14.1 Å². The molecule has 0 saturated carbocycles. The number of aryl methyl sites for hydroxylation is 1. The van der Waals surface area contributed by atoms with E-state index in [1.165, 1.54) is 0 Å². The first-order chi connectivity index (χ1) is 11.8. The van der Waals surface area contributed by atoms with Crippen molar-refractivity contribution in [1.29, 1.82) is 0 Å². The zero-order chi connectivity index (χ0) is 16.5. The van der Waals surface area contributed by atoms with Crippen LogP contribution < -0.4 is 4.74 Å². The van der Waals surface area contributed by atoms with Crippen molar-refractivity contribution in [1.82, 2.24) is 14.5 Å². The molecule has 0 amide bonds. The summed E-state index contributed by atoms with van der Waals surface area (Å²) in [5.74, 6) is 2.29. The summed E-state index contributed by atoms with van der Waals surface area (Å²) in [6.07, 6.45) is 5.44. The Kier molecular flexibility index (Phi) is 3.54. The molecule has 0 aliphatic rings. The molecule has 0 aliphatic heterocycles. The van der Waals surface area contributed by atoms with Gasteiger partial charge in [-0.05, 0) is 24.4 Å². The maximum Gasteiger partial charge on any atom is 0.227 e. The Morgan fingerprint density at radius 3 is 2.71 bits per heavy atom. The lowest BCUT2D eigenvalue weighted by molar-refractivity contribution is 0.420. The number of imidazole rings is 1. The van der Waals surface area contributed by atoms with Crippen LogP contribution in [0, 0.1) is 6.92 Å². The molecule has 0 saturated heterocycles. The van der Waals surface area contributed by atoms with Crippen molar-refractivity contribution >= 4 is 10.8 Å². The van der Waals surface area contributed by atoms with Gasteiger partial charge in [0.1, 0.15) is 17.2 Å². The molecule has 0 atom stereocenters. The fraction of sp³-hybridized carbons (Fsp3) is 0.158. The van der Waals surface area contributed by atoms with Gasteiger partial charge in [0.25, 0.3) is 0 Å². The van der Waals surface area contributed by atoms with Crippen LogP contribution in [0.15, 0.2) is 59.5 Å². The minimum atomic E-state index is 0.626. The summed E-state index contributed by atoms with van der Waals surface area (Å²) in [6.45, 7) is 2.58. The first-order valence-electron chi connectivity index (χ1n) is 7.74. The fourth-order valence-electron chi connectivity index (χ4n) is 2.88. The Balaban J connectivity index is 1.81. The summed E-state index contributed by atoms with van der Waals surface area (Å²) < 4.78 is 13.4. The van der Waals surface area contributed by atoms with E-state index in [0.29, 0.717) is 12.4 Å². The van der Waals surface area contributed by atoms with E-state index in [2.05, 4.69) is 11.1 Å². The predicted molar refractivity (Wildman–Crippen MR) is 92.1 cm³/mol. The van der Waals surface area contributed by atoms with E-state index < -0.39 is 0 Å². The van der Waals surface area contributed by atoms with Crippen LogP contribution >= 0.6 is 0 Å². The zero-order valence-corrected chi connectivity index (χ0v) is 13.6. The summed E-state index contributed by atoms with van der Waals surface area (Å²) in [7, 11) is 1.68. The van der Waals surface area contributed by atoms with E-state index in [-0.39, 0.29) is 0 Å². The average molecular weight is 319 g/mol. The SMILES string of the molecule is COc1ccc(-c2nc(Cn3ccnc3)c(C)o2)c2ccccc12. The van der Waals surface area contributed by atoms with Gasteiger partial charge in [0.05, 0.1) is 20.0 Å². The summed E-state index contributed by atoms with van der Waals surface area (Å²) in [4.78, 5) is 8.77. The number of hydrogen-bond acceptors (Lipinski definition) is 4. The van der Waals surface area contributed by atoms with Crippen LogP contribution in [-0.2, 0) is 6.54 Å². The van der Waals surface area contributed by atoms with Gasteiger partial charge in [-0.15, -0.1) is 0 Å². The largest absolute Gasteiger partial charge is 0.496 e. The van der Waals surface area contributed by atoms with Crippen LogP contribution in [0.25, 0.3) is 22.2 Å². The molecule has 5 nitrogen and oxygen atoms in total. The van der Waals surface area contributed by atoms with Gasteiger partial charge >= 0.3 is 0 Å². The Labute approximate surface area is 139 Å². The highest BCUT2D eigenvalue weighted by Gasteiger charge is 2.15. The number of nitrogens with zero attached hydrogens (tertiary/aromatic N) is 3. The van der Waals surface area contributed by atoms with E-state index in [0.717, 1.165) is 33.5 Å². The lowest BCUT2D eigenvalue weighted by atomic mass is 10.0. The molecule has 0 bridgehead atoms. The second-order valence-corrected chi connectivity index (χ2v) is 5.62. The smallest absolute Gasteiger partial charge is 0.227 e. The second kappa shape index (κ2) is 5.85. The van der Waals surface area contributed by atoms with Gasteiger partial charge in [0.15, 0.2) is 0 Å². The number of rotatable bonds is 4. The maximum atomic E-state index is 5.95. The molecule has 0 spiro atoms. The Morgan fingerprint density at radius 2 is 1.96 bits per heavy atom. The highest BCUT2D eigenvalue weighted by atomic mass is 16.5. The quantitative estimate of drug-likeness (QED) is 0.569. The molecule has 5 heteroatoms. The van der Waals surface area contributed by atoms with Crippen LogP contribution in [0.5, 0.6) is 5.75 Å². The number of hydrogen-bond donors (Lipinski definition) is 0. The normalized spacial score (nSPS) is 11.1. The van der Waals surface area contributed by atoms with E-state index >= 15 is 0 Å². The number of fused-ring (bicyclic) bond motifs is 1. The van der Waals surface area contributed by atoms with E-state index in [1.54, 1.807) is 19.6 Å². The van der Waals surface area contributed by atoms with Gasteiger partial charge in [0, 0.05) is 23.3 Å². The molecule has 2 heterocycles. The topological polar surface area (TPSA) is 53.1 Å². The van der Waals surface area contributed by atoms with Crippen LogP contribution in [0.4, 0.5) is 0 Å². The highest BCUT2D eigenvalue weighted by molar-refractivity contribution is 5.98. The molecule has 120 valence electrons. The molecule has 2 aromatic carbocycles. The van der Waals surface area contributed by atoms with Crippen molar-refractivity contribution in [3.05, 3.63) is 66.6 Å². The zero-order valence-electron chi connectivity index (χ0n) is 13.6. The number of aromatic nitrogens is 3. The van der Waals surface area contributed by atoms with Gasteiger partial charge < -0.3 is 13.7 Å². The standard InChI is InChI=1S/C19H17N3O2/c1-13-17(11-22-10-9-20-12-22)21-19(24-13)16-7-8-18(23-2)15-6-4-3-5-14(15)16/h3-10,12H,11H2,1-2H3. The first-order valence-corrected chi connectivity index (χ1v) is 7.74. The van der Waals surface area contributed by atoms with Crippen LogP contribution in [0.1, 0.15) is 11.5 Å². The van der Waals surface area contributed by atoms with Crippen molar-refractivity contribution in [3.63, 3.8) is 0 Å². The summed E-state index contributed by atoms with van der Waals surface area (Å²) in [5, 5.41) is 2.11. The molecule has 0 aliphatic carbocycles. The van der Waals surface area contributed by atoms with Crippen molar-refractivity contribution in [3.8, 4) is 17.2 Å². The highest BCUT2D eigenvalue weighted by Crippen LogP contribution is 2.34. The van der Waals surface area contributed by atoms with Crippen molar-refractivity contribution in [2.24, 2.45) is 0 Å². The Bertz CT molecular complexity index is 987. The number of methoxy groups -OCH3 is 1. The average Bonchev–Trinajstić information content (AvgIpc) is 3.24. The van der Waals surface area contributed by atoms with Gasteiger partial charge in [-0.1, -0.05) is 24.3 Å². The summed E-state index contributed by atoms with van der Waals surface area (Å²) in [5.41, 5.74) is 1.87. The minimum Gasteiger partial charge on any atom is -0.496 e. The lowest BCUT2D eigenvalue weighted by Gasteiger charge is -2.08. The molecule has 0 radical (unpaired) electrons. The molecule has 0 N–H and O–H groups in total. The number of benzene rings is 2. The molecule has 0 unspecified atom stereocenters. The summed E-state index contributed by atoms with van der Waals surface area (Å²) in [6, 6.07) is 12.1. The van der Waals surface area contributed by atoms with Crippen molar-refractivity contribution in [2.45, 2.75) is 13.5 Å². The molecule has 4 rings (SSSR count). The van der Waals surface area contributed by atoms with Crippen LogP contribution in [0.2, 0.25) is 0 Å². The maximum absolute atomic E-state index is 5.95.